The number of likely N-dealkylation sites (tertiary alicyclic amines) is 1. The molecule has 124 valence electrons. The zero-order chi connectivity index (χ0) is 17.0. The Morgan fingerprint density at radius 1 is 1.25 bits per heavy atom. The molecule has 2 heterocycles. The Kier molecular flexibility index (Phi) is 3.73. The van der Waals surface area contributed by atoms with Gasteiger partial charge in [-0.05, 0) is 38.0 Å². The van der Waals surface area contributed by atoms with E-state index in [2.05, 4.69) is 4.98 Å². The summed E-state index contributed by atoms with van der Waals surface area (Å²) < 4.78 is 0. The standard InChI is InChI=1S/C18H17ClN2O2S/c1-3-21-17(22)14-12(10-4-6-11(19)7-5-10)8-13-16(15(14)18(21)23)24-9(2)20-13/h4-7,12,14-15H,3,8H2,1-2H3/t12-,14+,15+/m0/s1. The van der Waals surface area contributed by atoms with Crippen molar-refractivity contribution in [1.29, 1.82) is 0 Å². The number of nitrogens with zero attached hydrogens (tertiary/aromatic N) is 2. The quantitative estimate of drug-likeness (QED) is 0.770. The molecule has 0 N–H and O–H groups in total. The highest BCUT2D eigenvalue weighted by Gasteiger charge is 2.55. The predicted octanol–water partition coefficient (Wildman–Crippen LogP) is 3.53. The molecular formula is C18H17ClN2O2S. The normalized spacial score (nSPS) is 25.8. The average Bonchev–Trinajstić information content (AvgIpc) is 3.04. The van der Waals surface area contributed by atoms with Crippen LogP contribution in [-0.4, -0.2) is 28.2 Å². The Bertz CT molecular complexity index is 830. The Hall–Kier alpha value is -1.72. The van der Waals surface area contributed by atoms with Gasteiger partial charge in [0, 0.05) is 22.4 Å². The highest BCUT2D eigenvalue weighted by atomic mass is 35.5. The molecule has 1 aliphatic heterocycles. The molecule has 4 nitrogen and oxygen atoms in total. The summed E-state index contributed by atoms with van der Waals surface area (Å²) in [6, 6.07) is 7.60. The van der Waals surface area contributed by atoms with E-state index in [9.17, 15) is 9.59 Å². The second-order valence-corrected chi connectivity index (χ2v) is 8.00. The maximum Gasteiger partial charge on any atom is 0.238 e. The van der Waals surface area contributed by atoms with Crippen molar-refractivity contribution < 1.29 is 9.59 Å². The number of carbonyl (C=O) groups excluding carboxylic acids is 2. The smallest absolute Gasteiger partial charge is 0.238 e. The van der Waals surface area contributed by atoms with Crippen LogP contribution in [0.5, 0.6) is 0 Å². The van der Waals surface area contributed by atoms with Gasteiger partial charge < -0.3 is 0 Å². The lowest BCUT2D eigenvalue weighted by Crippen LogP contribution is -2.32. The molecule has 4 rings (SSSR count). The molecule has 1 fully saturated rings. The summed E-state index contributed by atoms with van der Waals surface area (Å²) in [5.74, 6) is -0.867. The van der Waals surface area contributed by atoms with Crippen molar-refractivity contribution >= 4 is 34.8 Å². The fourth-order valence-electron chi connectivity index (χ4n) is 3.99. The van der Waals surface area contributed by atoms with E-state index in [4.69, 9.17) is 11.6 Å². The number of aryl methyl sites for hydroxylation is 1. The molecular weight excluding hydrogens is 344 g/mol. The van der Waals surface area contributed by atoms with E-state index in [1.54, 1.807) is 11.3 Å². The number of benzene rings is 1. The molecule has 24 heavy (non-hydrogen) atoms. The van der Waals surface area contributed by atoms with E-state index in [0.717, 1.165) is 21.1 Å². The number of hydrogen-bond acceptors (Lipinski definition) is 4. The van der Waals surface area contributed by atoms with Crippen LogP contribution in [0.4, 0.5) is 0 Å². The van der Waals surface area contributed by atoms with Gasteiger partial charge in [0.25, 0.3) is 0 Å². The molecule has 3 atom stereocenters. The van der Waals surface area contributed by atoms with Crippen LogP contribution in [0.3, 0.4) is 0 Å². The van der Waals surface area contributed by atoms with Gasteiger partial charge in [-0.25, -0.2) is 4.98 Å². The van der Waals surface area contributed by atoms with E-state index in [-0.39, 0.29) is 29.6 Å². The first-order chi connectivity index (χ1) is 11.5. The Balaban J connectivity index is 1.86. The summed E-state index contributed by atoms with van der Waals surface area (Å²) in [6.07, 6.45) is 0.693. The van der Waals surface area contributed by atoms with Crippen molar-refractivity contribution in [3.05, 3.63) is 50.4 Å². The molecule has 0 saturated carbocycles. The number of amides is 2. The monoisotopic (exact) mass is 360 g/mol. The van der Waals surface area contributed by atoms with Gasteiger partial charge in [0.15, 0.2) is 0 Å². The van der Waals surface area contributed by atoms with Crippen molar-refractivity contribution in [3.8, 4) is 0 Å². The van der Waals surface area contributed by atoms with Crippen molar-refractivity contribution in [2.75, 3.05) is 6.54 Å². The molecule has 2 aromatic rings. The Morgan fingerprint density at radius 3 is 2.62 bits per heavy atom. The number of fused-ring (bicyclic) bond motifs is 3. The Morgan fingerprint density at radius 2 is 1.96 bits per heavy atom. The summed E-state index contributed by atoms with van der Waals surface area (Å²) in [6.45, 7) is 4.22. The molecule has 0 radical (unpaired) electrons. The zero-order valence-corrected chi connectivity index (χ0v) is 15.0. The molecule has 2 aliphatic rings. The Labute approximate surface area is 149 Å². The topological polar surface area (TPSA) is 50.3 Å². The largest absolute Gasteiger partial charge is 0.282 e. The minimum atomic E-state index is -0.381. The van der Waals surface area contributed by atoms with Crippen LogP contribution < -0.4 is 0 Å². The molecule has 6 heteroatoms. The van der Waals surface area contributed by atoms with Gasteiger partial charge in [-0.1, -0.05) is 23.7 Å². The number of halogens is 1. The summed E-state index contributed by atoms with van der Waals surface area (Å²) in [4.78, 5) is 32.8. The summed E-state index contributed by atoms with van der Waals surface area (Å²) in [5.41, 5.74) is 2.02. The minimum absolute atomic E-state index is 0.0331. The van der Waals surface area contributed by atoms with E-state index < -0.39 is 0 Å². The second-order valence-electron chi connectivity index (χ2n) is 6.33. The van der Waals surface area contributed by atoms with Crippen LogP contribution in [-0.2, 0) is 16.0 Å². The van der Waals surface area contributed by atoms with Gasteiger partial charge >= 0.3 is 0 Å². The molecule has 2 amide bonds. The molecule has 1 saturated heterocycles. The van der Waals surface area contributed by atoms with Crippen LogP contribution in [0.2, 0.25) is 5.02 Å². The second kappa shape index (κ2) is 5.67. The van der Waals surface area contributed by atoms with Crippen LogP contribution in [0.1, 0.15) is 39.9 Å². The number of rotatable bonds is 2. The fraction of sp³-hybridized carbons (Fsp3) is 0.389. The summed E-state index contributed by atoms with van der Waals surface area (Å²) in [5, 5.41) is 1.62. The summed E-state index contributed by atoms with van der Waals surface area (Å²) in [7, 11) is 0. The van der Waals surface area contributed by atoms with Gasteiger partial charge in [0.05, 0.1) is 22.5 Å². The van der Waals surface area contributed by atoms with Crippen molar-refractivity contribution in [2.45, 2.75) is 32.1 Å². The number of likely N-dealkylation sites (N-methyl/N-ethyl adjacent to an activating group) is 1. The maximum atomic E-state index is 12.9. The lowest BCUT2D eigenvalue weighted by molar-refractivity contribution is -0.139. The molecule has 0 unspecified atom stereocenters. The fourth-order valence-corrected chi connectivity index (χ4v) is 5.21. The molecule has 1 aromatic heterocycles. The van der Waals surface area contributed by atoms with Gasteiger partial charge in [-0.2, -0.15) is 0 Å². The van der Waals surface area contributed by atoms with E-state index in [0.29, 0.717) is 18.0 Å². The maximum absolute atomic E-state index is 12.9. The number of carbonyl (C=O) groups is 2. The van der Waals surface area contributed by atoms with Crippen LogP contribution >= 0.6 is 22.9 Å². The molecule has 1 aromatic carbocycles. The molecule has 1 aliphatic carbocycles. The van der Waals surface area contributed by atoms with Crippen LogP contribution in [0.15, 0.2) is 24.3 Å². The van der Waals surface area contributed by atoms with E-state index in [1.165, 1.54) is 4.90 Å². The van der Waals surface area contributed by atoms with Crippen LogP contribution in [0.25, 0.3) is 0 Å². The molecule has 0 bridgehead atoms. The lowest BCUT2D eigenvalue weighted by Gasteiger charge is -2.30. The number of aromatic nitrogens is 1. The van der Waals surface area contributed by atoms with Gasteiger partial charge in [-0.15, -0.1) is 11.3 Å². The first-order valence-electron chi connectivity index (χ1n) is 8.08. The lowest BCUT2D eigenvalue weighted by atomic mass is 9.72. The first-order valence-corrected chi connectivity index (χ1v) is 9.27. The number of imide groups is 1. The average molecular weight is 361 g/mol. The number of hydrogen-bond donors (Lipinski definition) is 0. The SMILES string of the molecule is CCN1C(=O)[C@@H]2[C@H](c3ccc(Cl)cc3)Cc3nc(C)sc3[C@@H]2C1=O. The van der Waals surface area contributed by atoms with Crippen molar-refractivity contribution in [1.82, 2.24) is 9.88 Å². The highest BCUT2D eigenvalue weighted by molar-refractivity contribution is 7.12. The highest BCUT2D eigenvalue weighted by Crippen LogP contribution is 2.51. The molecule has 0 spiro atoms. The third kappa shape index (κ3) is 2.22. The zero-order valence-electron chi connectivity index (χ0n) is 13.5. The third-order valence-electron chi connectivity index (χ3n) is 5.02. The predicted molar refractivity (Wildman–Crippen MR) is 93.4 cm³/mol. The number of thiazole rings is 1. The van der Waals surface area contributed by atoms with Gasteiger partial charge in [-0.3, -0.25) is 14.5 Å². The first kappa shape index (κ1) is 15.8. The summed E-state index contributed by atoms with van der Waals surface area (Å²) >= 11 is 7.56. The van der Waals surface area contributed by atoms with Gasteiger partial charge in [0.1, 0.15) is 0 Å². The van der Waals surface area contributed by atoms with E-state index in [1.807, 2.05) is 38.1 Å². The van der Waals surface area contributed by atoms with Crippen molar-refractivity contribution in [2.24, 2.45) is 5.92 Å². The van der Waals surface area contributed by atoms with Gasteiger partial charge in [0.2, 0.25) is 11.8 Å². The van der Waals surface area contributed by atoms with Crippen LogP contribution in [0, 0.1) is 12.8 Å². The van der Waals surface area contributed by atoms with E-state index >= 15 is 0 Å². The minimum Gasteiger partial charge on any atom is -0.282 e. The third-order valence-corrected chi connectivity index (χ3v) is 6.37. The van der Waals surface area contributed by atoms with Crippen molar-refractivity contribution in [3.63, 3.8) is 0 Å².